The lowest BCUT2D eigenvalue weighted by Crippen LogP contribution is -2.10. The molecule has 12 heavy (non-hydrogen) atoms. The predicted molar refractivity (Wildman–Crippen MR) is 49.9 cm³/mol. The fraction of sp³-hybridized carbons (Fsp3) is 0.364. The van der Waals surface area contributed by atoms with Gasteiger partial charge in [0.15, 0.2) is 0 Å². The fourth-order valence-electron chi connectivity index (χ4n) is 1.04. The van der Waals surface area contributed by atoms with Crippen LogP contribution in [0, 0.1) is 11.3 Å². The van der Waals surface area contributed by atoms with E-state index in [1.165, 1.54) is 5.56 Å². The second kappa shape index (κ2) is 2.98. The highest BCUT2D eigenvalue weighted by Gasteiger charge is 2.12. The first kappa shape index (κ1) is 8.80. The predicted octanol–water partition coefficient (Wildman–Crippen LogP) is 2.86. The Bertz CT molecular complexity index is 295. The minimum atomic E-state index is 0.175. The first-order valence-electron chi connectivity index (χ1n) is 4.04. The van der Waals surface area contributed by atoms with Crippen LogP contribution < -0.4 is 0 Å². The molecule has 1 aromatic carbocycles. The molecule has 1 nitrogen and oxygen atoms in total. The summed E-state index contributed by atoms with van der Waals surface area (Å²) in [6.45, 7) is 6.48. The van der Waals surface area contributed by atoms with E-state index in [-0.39, 0.29) is 5.41 Å². The molecule has 62 valence electrons. The van der Waals surface area contributed by atoms with Gasteiger partial charge >= 0.3 is 0 Å². The van der Waals surface area contributed by atoms with Crippen LogP contribution in [0.3, 0.4) is 0 Å². The van der Waals surface area contributed by atoms with Crippen molar-refractivity contribution in [1.29, 1.82) is 5.26 Å². The van der Waals surface area contributed by atoms with E-state index in [0.717, 1.165) is 5.56 Å². The molecule has 0 radical (unpaired) electrons. The molecule has 0 spiro atoms. The van der Waals surface area contributed by atoms with Gasteiger partial charge in [0.25, 0.3) is 0 Å². The monoisotopic (exact) mass is 159 g/mol. The smallest absolute Gasteiger partial charge is 0.0991 e. The van der Waals surface area contributed by atoms with Crippen LogP contribution in [-0.4, -0.2) is 0 Å². The molecule has 0 N–H and O–H groups in total. The lowest BCUT2D eigenvalue weighted by Gasteiger charge is -2.18. The van der Waals surface area contributed by atoms with Gasteiger partial charge in [-0.3, -0.25) is 0 Å². The van der Waals surface area contributed by atoms with E-state index in [1.54, 1.807) is 0 Å². The SMILES string of the molecule is CC(C)(C)c1ccc(C#N)cc1. The maximum absolute atomic E-state index is 8.58. The van der Waals surface area contributed by atoms with Crippen LogP contribution in [0.4, 0.5) is 0 Å². The van der Waals surface area contributed by atoms with Gasteiger partial charge in [0, 0.05) is 0 Å². The number of nitriles is 1. The Morgan fingerprint density at radius 2 is 1.58 bits per heavy atom. The summed E-state index contributed by atoms with van der Waals surface area (Å²) in [5, 5.41) is 8.58. The molecule has 0 atom stereocenters. The quantitative estimate of drug-likeness (QED) is 0.571. The Labute approximate surface area is 73.6 Å². The average molecular weight is 159 g/mol. The van der Waals surface area contributed by atoms with Crippen LogP contribution in [0.15, 0.2) is 24.3 Å². The minimum Gasteiger partial charge on any atom is -0.192 e. The standard InChI is InChI=1S/C11H13N/c1-11(2,3)10-6-4-9(8-12)5-7-10/h4-7H,1-3H3. The van der Waals surface area contributed by atoms with E-state index in [4.69, 9.17) is 5.26 Å². The Balaban J connectivity index is 3.02. The maximum atomic E-state index is 8.58. The molecule has 0 aliphatic heterocycles. The van der Waals surface area contributed by atoms with Crippen LogP contribution in [0.5, 0.6) is 0 Å². The molecule has 0 unspecified atom stereocenters. The van der Waals surface area contributed by atoms with Gasteiger partial charge in [0.1, 0.15) is 0 Å². The molecule has 0 aliphatic carbocycles. The molecule has 1 rings (SSSR count). The van der Waals surface area contributed by atoms with Crippen molar-refractivity contribution >= 4 is 0 Å². The van der Waals surface area contributed by atoms with Gasteiger partial charge in [-0.1, -0.05) is 32.9 Å². The lowest BCUT2D eigenvalue weighted by atomic mass is 9.87. The molecule has 0 aromatic heterocycles. The number of hydrogen-bond acceptors (Lipinski definition) is 1. The van der Waals surface area contributed by atoms with Crippen molar-refractivity contribution in [2.24, 2.45) is 0 Å². The summed E-state index contributed by atoms with van der Waals surface area (Å²) >= 11 is 0. The summed E-state index contributed by atoms with van der Waals surface area (Å²) in [4.78, 5) is 0. The number of benzene rings is 1. The van der Waals surface area contributed by atoms with Crippen molar-refractivity contribution in [1.82, 2.24) is 0 Å². The summed E-state index contributed by atoms with van der Waals surface area (Å²) < 4.78 is 0. The van der Waals surface area contributed by atoms with E-state index in [9.17, 15) is 0 Å². The molecular formula is C11H13N. The van der Waals surface area contributed by atoms with Gasteiger partial charge in [0.05, 0.1) is 11.6 Å². The Hall–Kier alpha value is -1.29. The van der Waals surface area contributed by atoms with Crippen molar-refractivity contribution in [3.63, 3.8) is 0 Å². The van der Waals surface area contributed by atoms with Crippen LogP contribution in [0.1, 0.15) is 31.9 Å². The topological polar surface area (TPSA) is 23.8 Å². The third kappa shape index (κ3) is 1.85. The van der Waals surface area contributed by atoms with Gasteiger partial charge in [-0.05, 0) is 23.1 Å². The summed E-state index contributed by atoms with van der Waals surface area (Å²) in [6.07, 6.45) is 0. The van der Waals surface area contributed by atoms with Crippen molar-refractivity contribution < 1.29 is 0 Å². The Morgan fingerprint density at radius 3 is 1.92 bits per heavy atom. The second-order valence-corrected chi connectivity index (χ2v) is 3.94. The van der Waals surface area contributed by atoms with Gasteiger partial charge in [-0.25, -0.2) is 0 Å². The third-order valence-corrected chi connectivity index (χ3v) is 1.88. The van der Waals surface area contributed by atoms with Crippen LogP contribution in [-0.2, 0) is 5.41 Å². The lowest BCUT2D eigenvalue weighted by molar-refractivity contribution is 0.590. The largest absolute Gasteiger partial charge is 0.192 e. The van der Waals surface area contributed by atoms with Gasteiger partial charge in [-0.2, -0.15) is 5.26 Å². The van der Waals surface area contributed by atoms with Crippen molar-refractivity contribution in [2.75, 3.05) is 0 Å². The minimum absolute atomic E-state index is 0.175. The molecule has 0 fully saturated rings. The highest BCUT2D eigenvalue weighted by Crippen LogP contribution is 2.21. The highest BCUT2D eigenvalue weighted by atomic mass is 14.2. The summed E-state index contributed by atoms with van der Waals surface area (Å²) in [6, 6.07) is 9.85. The Morgan fingerprint density at radius 1 is 1.08 bits per heavy atom. The summed E-state index contributed by atoms with van der Waals surface area (Å²) in [5.74, 6) is 0. The van der Waals surface area contributed by atoms with Crippen molar-refractivity contribution in [2.45, 2.75) is 26.2 Å². The maximum Gasteiger partial charge on any atom is 0.0991 e. The number of hydrogen-bond donors (Lipinski definition) is 0. The van der Waals surface area contributed by atoms with Crippen LogP contribution in [0.2, 0.25) is 0 Å². The molecule has 0 saturated carbocycles. The van der Waals surface area contributed by atoms with Crippen LogP contribution >= 0.6 is 0 Å². The van der Waals surface area contributed by atoms with Gasteiger partial charge < -0.3 is 0 Å². The van der Waals surface area contributed by atoms with E-state index < -0.39 is 0 Å². The van der Waals surface area contributed by atoms with Crippen molar-refractivity contribution in [3.8, 4) is 6.07 Å². The van der Waals surface area contributed by atoms with Crippen LogP contribution in [0.25, 0.3) is 0 Å². The number of rotatable bonds is 0. The zero-order valence-electron chi connectivity index (χ0n) is 7.76. The summed E-state index contributed by atoms with van der Waals surface area (Å²) in [7, 11) is 0. The molecular weight excluding hydrogens is 146 g/mol. The molecule has 0 bridgehead atoms. The van der Waals surface area contributed by atoms with E-state index in [1.807, 2.05) is 24.3 Å². The molecule has 1 aromatic rings. The molecule has 1 heteroatoms. The number of nitrogens with zero attached hydrogens (tertiary/aromatic N) is 1. The second-order valence-electron chi connectivity index (χ2n) is 3.94. The fourth-order valence-corrected chi connectivity index (χ4v) is 1.04. The van der Waals surface area contributed by atoms with E-state index in [2.05, 4.69) is 26.8 Å². The van der Waals surface area contributed by atoms with E-state index >= 15 is 0 Å². The molecule has 0 saturated heterocycles. The first-order valence-corrected chi connectivity index (χ1v) is 4.04. The normalized spacial score (nSPS) is 10.8. The zero-order valence-corrected chi connectivity index (χ0v) is 7.76. The molecule has 0 heterocycles. The van der Waals surface area contributed by atoms with Gasteiger partial charge in [-0.15, -0.1) is 0 Å². The summed E-state index contributed by atoms with van der Waals surface area (Å²) in [5.41, 5.74) is 2.16. The third-order valence-electron chi connectivity index (χ3n) is 1.88. The Kier molecular flexibility index (Phi) is 2.19. The molecule has 0 amide bonds. The van der Waals surface area contributed by atoms with Gasteiger partial charge in [0.2, 0.25) is 0 Å². The zero-order chi connectivity index (χ0) is 9.19. The average Bonchev–Trinajstić information content (AvgIpc) is 2.03. The van der Waals surface area contributed by atoms with Crippen molar-refractivity contribution in [3.05, 3.63) is 35.4 Å². The highest BCUT2D eigenvalue weighted by molar-refractivity contribution is 5.34. The first-order chi connectivity index (χ1) is 5.54. The molecule has 0 aliphatic rings. The van der Waals surface area contributed by atoms with E-state index in [0.29, 0.717) is 0 Å².